The molecule has 2 aliphatic carbocycles. The van der Waals surface area contributed by atoms with E-state index >= 15 is 0 Å². The van der Waals surface area contributed by atoms with E-state index in [0.717, 1.165) is 63.3 Å². The summed E-state index contributed by atoms with van der Waals surface area (Å²) in [5.74, 6) is 0.789. The molecule has 0 unspecified atom stereocenters. The maximum atomic E-state index is 6.11. The molecule has 1 heterocycles. The fourth-order valence-electron chi connectivity index (χ4n) is 9.12. The molecule has 2 nitrogen and oxygen atoms in total. The third-order valence-electron chi connectivity index (χ3n) is 12.0. The summed E-state index contributed by atoms with van der Waals surface area (Å²) in [5, 5.41) is 1.08. The number of fused-ring (bicyclic) bond motifs is 7. The maximum absolute atomic E-state index is 6.11. The quantitative estimate of drug-likeness (QED) is 0.136. The summed E-state index contributed by atoms with van der Waals surface area (Å²) in [6.07, 6.45) is 12.3. The van der Waals surface area contributed by atoms with Crippen molar-refractivity contribution in [2.75, 3.05) is 4.90 Å². The lowest BCUT2D eigenvalue weighted by atomic mass is 9.82. The normalized spacial score (nSPS) is 13.7. The highest BCUT2D eigenvalue weighted by molar-refractivity contribution is 5.95. The minimum Gasteiger partial charge on any atom is -0.456 e. The van der Waals surface area contributed by atoms with Gasteiger partial charge in [0, 0.05) is 33.4 Å². The number of nitrogens with zero attached hydrogens (tertiary/aromatic N) is 1. The molecule has 0 radical (unpaired) electrons. The summed E-state index contributed by atoms with van der Waals surface area (Å²) in [5.41, 5.74) is 20.3. The molecule has 7 aromatic rings. The van der Waals surface area contributed by atoms with Crippen molar-refractivity contribution in [2.24, 2.45) is 0 Å². The Kier molecular flexibility index (Phi) is 10.8. The second-order valence-corrected chi connectivity index (χ2v) is 15.7. The molecule has 0 saturated carbocycles. The van der Waals surface area contributed by atoms with Crippen molar-refractivity contribution in [1.82, 2.24) is 0 Å². The minimum absolute atomic E-state index is 0.0728. The van der Waals surface area contributed by atoms with Gasteiger partial charge in [-0.2, -0.15) is 0 Å². The van der Waals surface area contributed by atoms with E-state index in [1.807, 2.05) is 26.8 Å². The van der Waals surface area contributed by atoms with E-state index in [4.69, 9.17) is 11.0 Å². The average molecular weight is 768 g/mol. The van der Waals surface area contributed by atoms with Crippen LogP contribution in [0.1, 0.15) is 81.5 Å². The zero-order chi connectivity index (χ0) is 41.3. The van der Waals surface area contributed by atoms with E-state index < -0.39 is 0 Å². The van der Waals surface area contributed by atoms with Crippen LogP contribution in [0, 0.1) is 0 Å². The highest BCUT2D eigenvalue weighted by Gasteiger charge is 2.35. The molecule has 0 amide bonds. The average Bonchev–Trinajstić information content (AvgIpc) is 3.69. The Hall–Kier alpha value is -6.64. The first kappa shape index (κ1) is 39.2. The Labute approximate surface area is 350 Å². The molecule has 9 rings (SSSR count). The summed E-state index contributed by atoms with van der Waals surface area (Å²) >= 11 is 0. The lowest BCUT2D eigenvalue weighted by molar-refractivity contribution is 0.603. The van der Waals surface area contributed by atoms with E-state index in [1.165, 1.54) is 55.7 Å². The van der Waals surface area contributed by atoms with Crippen LogP contribution in [0.4, 0.5) is 11.4 Å². The Bertz CT molecular complexity index is 2820. The van der Waals surface area contributed by atoms with Crippen LogP contribution in [0.5, 0.6) is 0 Å². The van der Waals surface area contributed by atoms with Crippen LogP contribution in [0.15, 0.2) is 181 Å². The molecule has 0 N–H and O–H groups in total. The zero-order valence-corrected chi connectivity index (χ0v) is 35.3. The largest absolute Gasteiger partial charge is 0.456 e. The minimum atomic E-state index is -0.0728. The van der Waals surface area contributed by atoms with Crippen LogP contribution in [0.3, 0.4) is 0 Å². The highest BCUT2D eigenvalue weighted by atomic mass is 16.3. The van der Waals surface area contributed by atoms with Crippen LogP contribution < -0.4 is 4.90 Å². The van der Waals surface area contributed by atoms with Gasteiger partial charge in [0.25, 0.3) is 0 Å². The van der Waals surface area contributed by atoms with Gasteiger partial charge in [-0.05, 0) is 130 Å². The van der Waals surface area contributed by atoms with Crippen LogP contribution in [0.25, 0.3) is 62.1 Å². The monoisotopic (exact) mass is 767 g/mol. The predicted molar refractivity (Wildman–Crippen MR) is 255 cm³/mol. The summed E-state index contributed by atoms with van der Waals surface area (Å²) in [6.45, 7) is 21.7. The van der Waals surface area contributed by atoms with Crippen molar-refractivity contribution in [3.63, 3.8) is 0 Å². The van der Waals surface area contributed by atoms with Crippen molar-refractivity contribution >= 4 is 40.1 Å². The summed E-state index contributed by atoms with van der Waals surface area (Å²) < 4.78 is 6.11. The van der Waals surface area contributed by atoms with Crippen molar-refractivity contribution in [1.29, 1.82) is 0 Å². The van der Waals surface area contributed by atoms with Crippen LogP contribution in [-0.4, -0.2) is 0 Å². The molecule has 2 heteroatoms. The molecule has 0 aliphatic heterocycles. The van der Waals surface area contributed by atoms with Gasteiger partial charge in [-0.15, -0.1) is 0 Å². The SMILES string of the molecule is C=Cc1oc2ccc(-c3ccc(N(C(=C)/C=C\C4=C(CC)Cc5ccccc5-c5ccccc54)c4ccc5c(c4)-c4ccccc4C5(C)C)cc3)cc2c1/C=C\C.CC. The highest BCUT2D eigenvalue weighted by Crippen LogP contribution is 2.50. The van der Waals surface area contributed by atoms with Crippen molar-refractivity contribution in [3.8, 4) is 33.4 Å². The maximum Gasteiger partial charge on any atom is 0.135 e. The lowest BCUT2D eigenvalue weighted by Crippen LogP contribution is -2.16. The second kappa shape index (κ2) is 16.3. The van der Waals surface area contributed by atoms with Crippen molar-refractivity contribution < 1.29 is 4.42 Å². The standard InChI is InChI=1S/C55H47NO.C2H6/c1-7-16-48-50-34-39(26-32-54(50)57-53(48)9-3)38-24-27-41(28-25-38)56(42-29-31-52-49(35-42)47-21-14-15-22-51(47)55(52,5)6)36(4)23-30-44-37(8-2)33-40-17-10-11-18-43(40)45-19-12-13-20-46(44)45;1-2/h7,9-32,34-35H,3-4,8,33H2,1-2,5-6H3;1-2H3/b16-7-,30-23-;. The van der Waals surface area contributed by atoms with Gasteiger partial charge >= 0.3 is 0 Å². The molecular formula is C57H53NO. The molecule has 0 spiro atoms. The summed E-state index contributed by atoms with van der Waals surface area (Å²) in [7, 11) is 0. The first-order valence-electron chi connectivity index (χ1n) is 21.0. The lowest BCUT2D eigenvalue weighted by Gasteiger charge is -2.27. The molecule has 1 aromatic heterocycles. The predicted octanol–water partition coefficient (Wildman–Crippen LogP) is 16.4. The molecule has 6 aromatic carbocycles. The number of anilines is 2. The number of allylic oxidation sites excluding steroid dienone is 5. The van der Waals surface area contributed by atoms with Gasteiger partial charge in [0.15, 0.2) is 0 Å². The third kappa shape index (κ3) is 6.93. The van der Waals surface area contributed by atoms with Gasteiger partial charge in [0.2, 0.25) is 0 Å². The van der Waals surface area contributed by atoms with Gasteiger partial charge in [-0.1, -0.05) is 169 Å². The number of benzene rings is 6. The summed E-state index contributed by atoms with van der Waals surface area (Å²) in [6, 6.07) is 48.7. The fraction of sp³-hybridized carbons (Fsp3) is 0.158. The van der Waals surface area contributed by atoms with Gasteiger partial charge in [0.05, 0.1) is 0 Å². The Morgan fingerprint density at radius 2 is 1.34 bits per heavy atom. The van der Waals surface area contributed by atoms with Crippen LogP contribution in [0.2, 0.25) is 0 Å². The van der Waals surface area contributed by atoms with Crippen molar-refractivity contribution in [3.05, 3.63) is 210 Å². The van der Waals surface area contributed by atoms with Gasteiger partial charge in [0.1, 0.15) is 11.3 Å². The Morgan fingerprint density at radius 3 is 2.07 bits per heavy atom. The number of furan rings is 1. The van der Waals surface area contributed by atoms with E-state index in [-0.39, 0.29) is 5.41 Å². The molecule has 292 valence electrons. The smallest absolute Gasteiger partial charge is 0.135 e. The summed E-state index contributed by atoms with van der Waals surface area (Å²) in [4.78, 5) is 2.30. The van der Waals surface area contributed by atoms with E-state index in [2.05, 4.69) is 184 Å². The first-order valence-corrected chi connectivity index (χ1v) is 21.0. The van der Waals surface area contributed by atoms with Crippen LogP contribution in [-0.2, 0) is 11.8 Å². The molecule has 0 fully saturated rings. The Morgan fingerprint density at radius 1 is 0.695 bits per heavy atom. The number of rotatable bonds is 9. The van der Waals surface area contributed by atoms with Crippen molar-refractivity contribution in [2.45, 2.75) is 59.8 Å². The fourth-order valence-corrected chi connectivity index (χ4v) is 9.12. The van der Waals surface area contributed by atoms with Gasteiger partial charge in [-0.3, -0.25) is 0 Å². The molecule has 2 aliphatic rings. The first-order chi connectivity index (χ1) is 28.8. The molecule has 0 atom stereocenters. The third-order valence-corrected chi connectivity index (χ3v) is 12.0. The molecule has 0 saturated heterocycles. The topological polar surface area (TPSA) is 16.4 Å². The van der Waals surface area contributed by atoms with Gasteiger partial charge in [-0.25, -0.2) is 0 Å². The number of hydrogen-bond acceptors (Lipinski definition) is 2. The van der Waals surface area contributed by atoms with Crippen LogP contribution >= 0.6 is 0 Å². The molecule has 59 heavy (non-hydrogen) atoms. The van der Waals surface area contributed by atoms with Gasteiger partial charge < -0.3 is 9.32 Å². The van der Waals surface area contributed by atoms with E-state index in [1.54, 1.807) is 6.08 Å². The zero-order valence-electron chi connectivity index (χ0n) is 35.3. The van der Waals surface area contributed by atoms with E-state index in [0.29, 0.717) is 0 Å². The second-order valence-electron chi connectivity index (χ2n) is 15.7. The Balaban J connectivity index is 0.00000238. The molecule has 0 bridgehead atoms. The van der Waals surface area contributed by atoms with E-state index in [9.17, 15) is 0 Å². The number of hydrogen-bond donors (Lipinski definition) is 0. The molecular weight excluding hydrogens is 715 g/mol.